The largest absolute Gasteiger partial charge is 0.493 e. The van der Waals surface area contributed by atoms with Crippen LogP contribution in [0.1, 0.15) is 50.4 Å². The van der Waals surface area contributed by atoms with E-state index in [4.69, 9.17) is 9.15 Å². The van der Waals surface area contributed by atoms with Crippen LogP contribution in [0.5, 0.6) is 5.75 Å². The predicted molar refractivity (Wildman–Crippen MR) is 113 cm³/mol. The topological polar surface area (TPSA) is 71.7 Å². The lowest BCUT2D eigenvalue weighted by atomic mass is 9.94. The van der Waals surface area contributed by atoms with E-state index in [2.05, 4.69) is 47.4 Å². The number of nitrogens with one attached hydrogen (secondary N) is 2. The van der Waals surface area contributed by atoms with E-state index in [-0.39, 0.29) is 35.4 Å². The number of hydrogen-bond donors (Lipinski definition) is 2. The van der Waals surface area contributed by atoms with Crippen molar-refractivity contribution in [3.8, 4) is 5.75 Å². The molecule has 0 radical (unpaired) electrons. The first-order valence-corrected chi connectivity index (χ1v) is 8.61. The molecule has 2 N–H and O–H groups in total. The van der Waals surface area contributed by atoms with Gasteiger partial charge in [-0.1, -0.05) is 39.0 Å². The van der Waals surface area contributed by atoms with Crippen molar-refractivity contribution in [3.05, 3.63) is 47.7 Å². The van der Waals surface area contributed by atoms with Gasteiger partial charge in [-0.15, -0.1) is 24.0 Å². The van der Waals surface area contributed by atoms with Crippen molar-refractivity contribution in [2.24, 2.45) is 4.99 Å². The van der Waals surface area contributed by atoms with Gasteiger partial charge in [0.05, 0.1) is 25.4 Å². The third kappa shape index (κ3) is 4.90. The van der Waals surface area contributed by atoms with Crippen LogP contribution < -0.4 is 15.4 Å². The highest BCUT2D eigenvalue weighted by molar-refractivity contribution is 14.0. The second-order valence-electron chi connectivity index (χ2n) is 7.17. The van der Waals surface area contributed by atoms with Gasteiger partial charge in [-0.05, 0) is 6.07 Å². The number of guanidine groups is 1. The number of fused-ring (bicyclic) bond motifs is 1. The molecule has 1 unspecified atom stereocenters. The molecule has 0 spiro atoms. The highest BCUT2D eigenvalue weighted by atomic mass is 127. The van der Waals surface area contributed by atoms with E-state index < -0.39 is 0 Å². The number of halogens is 1. The number of aliphatic imine (C=N–C) groups is 1. The van der Waals surface area contributed by atoms with Gasteiger partial charge in [0, 0.05) is 24.4 Å². The number of nitrogens with zero attached hydrogens (tertiary/aromatic N) is 2. The fourth-order valence-electron chi connectivity index (χ4n) is 2.75. The van der Waals surface area contributed by atoms with Crippen molar-refractivity contribution < 1.29 is 9.15 Å². The van der Waals surface area contributed by atoms with Gasteiger partial charge in [-0.25, -0.2) is 4.98 Å². The van der Waals surface area contributed by atoms with Crippen LogP contribution in [0.4, 0.5) is 0 Å². The van der Waals surface area contributed by atoms with Crippen LogP contribution in [0.15, 0.2) is 39.9 Å². The highest BCUT2D eigenvalue weighted by Gasteiger charge is 2.22. The number of rotatable bonds is 3. The Morgan fingerprint density at radius 1 is 1.31 bits per heavy atom. The number of ether oxygens (including phenoxy) is 1. The molecule has 0 aliphatic carbocycles. The van der Waals surface area contributed by atoms with E-state index in [0.717, 1.165) is 29.5 Å². The third-order valence-corrected chi connectivity index (χ3v) is 4.19. The molecule has 0 fully saturated rings. The van der Waals surface area contributed by atoms with Gasteiger partial charge < -0.3 is 19.8 Å². The zero-order valence-corrected chi connectivity index (χ0v) is 18.0. The van der Waals surface area contributed by atoms with Crippen molar-refractivity contribution in [3.63, 3.8) is 0 Å². The molecule has 1 aliphatic heterocycles. The summed E-state index contributed by atoms with van der Waals surface area (Å²) < 4.78 is 11.5. The zero-order chi connectivity index (χ0) is 17.9. The maximum atomic E-state index is 5.81. The first kappa shape index (κ1) is 20.5. The highest BCUT2D eigenvalue weighted by Crippen LogP contribution is 2.31. The summed E-state index contributed by atoms with van der Waals surface area (Å²) >= 11 is 0. The van der Waals surface area contributed by atoms with E-state index in [1.165, 1.54) is 0 Å². The van der Waals surface area contributed by atoms with Gasteiger partial charge in [0.15, 0.2) is 5.96 Å². The summed E-state index contributed by atoms with van der Waals surface area (Å²) in [5, 5.41) is 6.73. The molecule has 7 heteroatoms. The molecule has 0 amide bonds. The molecule has 3 rings (SSSR count). The van der Waals surface area contributed by atoms with Gasteiger partial charge in [0.25, 0.3) is 0 Å². The molecular formula is C19H27IN4O2. The predicted octanol–water partition coefficient (Wildman–Crippen LogP) is 3.78. The minimum atomic E-state index is -0.0447. The maximum Gasteiger partial charge on any atom is 0.213 e. The lowest BCUT2D eigenvalue weighted by molar-refractivity contribution is 0.261. The normalized spacial score (nSPS) is 16.9. The van der Waals surface area contributed by atoms with E-state index in [0.29, 0.717) is 19.0 Å². The Morgan fingerprint density at radius 2 is 2.08 bits per heavy atom. The molecule has 2 aromatic rings. The Hall–Kier alpha value is -1.77. The standard InChI is InChI=1S/C19H26N4O2.HI/c1-19(2,3)16-11-21-17(25-16)12-22-18(20-4)23-14-9-10-24-15-8-6-5-7-13(14)15;/h5-8,11,14H,9-10,12H2,1-4H3,(H2,20,22,23);1H. The van der Waals surface area contributed by atoms with E-state index in [1.807, 2.05) is 18.2 Å². The number of benzene rings is 1. The van der Waals surface area contributed by atoms with Gasteiger partial charge >= 0.3 is 0 Å². The fraction of sp³-hybridized carbons (Fsp3) is 0.474. The summed E-state index contributed by atoms with van der Waals surface area (Å²) in [6, 6.07) is 8.28. The molecule has 0 saturated heterocycles. The summed E-state index contributed by atoms with van der Waals surface area (Å²) in [5.41, 5.74) is 1.11. The maximum absolute atomic E-state index is 5.81. The van der Waals surface area contributed by atoms with Crippen LogP contribution in [0, 0.1) is 0 Å². The Balaban J connectivity index is 0.00000243. The summed E-state index contributed by atoms with van der Waals surface area (Å²) in [5.74, 6) is 3.19. The summed E-state index contributed by atoms with van der Waals surface area (Å²) in [6.07, 6.45) is 2.69. The van der Waals surface area contributed by atoms with Crippen LogP contribution >= 0.6 is 24.0 Å². The molecule has 1 aromatic carbocycles. The molecule has 0 saturated carbocycles. The summed E-state index contributed by atoms with van der Waals surface area (Å²) in [7, 11) is 1.76. The minimum Gasteiger partial charge on any atom is -0.493 e. The first-order chi connectivity index (χ1) is 12.0. The van der Waals surface area contributed by atoms with Crippen molar-refractivity contribution >= 4 is 29.9 Å². The smallest absolute Gasteiger partial charge is 0.213 e. The lowest BCUT2D eigenvalue weighted by Gasteiger charge is -2.27. The number of para-hydroxylation sites is 1. The third-order valence-electron chi connectivity index (χ3n) is 4.19. The second kappa shape index (κ2) is 8.75. The molecule has 1 aliphatic rings. The lowest BCUT2D eigenvalue weighted by Crippen LogP contribution is -2.40. The van der Waals surface area contributed by atoms with Crippen molar-refractivity contribution in [2.75, 3.05) is 13.7 Å². The average Bonchev–Trinajstić information content (AvgIpc) is 3.08. The average molecular weight is 470 g/mol. The van der Waals surface area contributed by atoms with Crippen LogP contribution in [0.25, 0.3) is 0 Å². The van der Waals surface area contributed by atoms with Gasteiger partial charge in [-0.3, -0.25) is 4.99 Å². The molecule has 26 heavy (non-hydrogen) atoms. The van der Waals surface area contributed by atoms with Crippen molar-refractivity contribution in [2.45, 2.75) is 45.2 Å². The Morgan fingerprint density at radius 3 is 2.77 bits per heavy atom. The minimum absolute atomic E-state index is 0. The molecule has 1 atom stereocenters. The van der Waals surface area contributed by atoms with Crippen LogP contribution in [-0.2, 0) is 12.0 Å². The summed E-state index contributed by atoms with van der Waals surface area (Å²) in [6.45, 7) is 7.50. The molecule has 1 aromatic heterocycles. The molecule has 142 valence electrons. The zero-order valence-electron chi connectivity index (χ0n) is 15.7. The SMILES string of the molecule is CN=C(NCc1ncc(C(C)(C)C)o1)NC1CCOc2ccccc21.I. The van der Waals surface area contributed by atoms with Crippen molar-refractivity contribution in [1.29, 1.82) is 0 Å². The van der Waals surface area contributed by atoms with Gasteiger partial charge in [0.1, 0.15) is 11.5 Å². The Kier molecular flexibility index (Phi) is 6.91. The van der Waals surface area contributed by atoms with Crippen LogP contribution in [-0.4, -0.2) is 24.6 Å². The van der Waals surface area contributed by atoms with E-state index >= 15 is 0 Å². The summed E-state index contributed by atoms with van der Waals surface area (Å²) in [4.78, 5) is 8.65. The monoisotopic (exact) mass is 470 g/mol. The van der Waals surface area contributed by atoms with Gasteiger partial charge in [-0.2, -0.15) is 0 Å². The quantitative estimate of drug-likeness (QED) is 0.406. The molecule has 6 nitrogen and oxygen atoms in total. The number of oxazole rings is 1. The van der Waals surface area contributed by atoms with Crippen molar-refractivity contribution in [1.82, 2.24) is 15.6 Å². The number of hydrogen-bond acceptors (Lipinski definition) is 4. The fourth-order valence-corrected chi connectivity index (χ4v) is 2.75. The van der Waals surface area contributed by atoms with E-state index in [9.17, 15) is 0 Å². The number of aromatic nitrogens is 1. The first-order valence-electron chi connectivity index (χ1n) is 8.61. The molecule has 0 bridgehead atoms. The van der Waals surface area contributed by atoms with Gasteiger partial charge in [0.2, 0.25) is 5.89 Å². The van der Waals surface area contributed by atoms with Crippen LogP contribution in [0.3, 0.4) is 0 Å². The molecular weight excluding hydrogens is 443 g/mol. The van der Waals surface area contributed by atoms with Crippen LogP contribution in [0.2, 0.25) is 0 Å². The molecule has 2 heterocycles. The Labute approximate surface area is 171 Å². The van der Waals surface area contributed by atoms with E-state index in [1.54, 1.807) is 13.2 Å². The Bertz CT molecular complexity index is 752. The second-order valence-corrected chi connectivity index (χ2v) is 7.17.